The number of benzene rings is 1. The monoisotopic (exact) mass is 304 g/mol. The van der Waals surface area contributed by atoms with Gasteiger partial charge in [0.25, 0.3) is 0 Å². The van der Waals surface area contributed by atoms with Crippen LogP contribution in [-0.4, -0.2) is 46.7 Å². The lowest BCUT2D eigenvalue weighted by Crippen LogP contribution is -2.46. The van der Waals surface area contributed by atoms with Gasteiger partial charge in [0.1, 0.15) is 0 Å². The fraction of sp³-hybridized carbons (Fsp3) is 0.438. The van der Waals surface area contributed by atoms with E-state index in [-0.39, 0.29) is 0 Å². The van der Waals surface area contributed by atoms with Crippen LogP contribution in [0.1, 0.15) is 23.0 Å². The SMILES string of the molecule is Cc1[nH]nc(CN2CCN(C)[C@H](c3ccccc3)C2)c1Cl. The third-order valence-electron chi connectivity index (χ3n) is 4.23. The van der Waals surface area contributed by atoms with Gasteiger partial charge < -0.3 is 0 Å². The van der Waals surface area contributed by atoms with E-state index < -0.39 is 0 Å². The van der Waals surface area contributed by atoms with Crippen molar-refractivity contribution in [3.63, 3.8) is 0 Å². The van der Waals surface area contributed by atoms with Gasteiger partial charge >= 0.3 is 0 Å². The molecule has 0 spiro atoms. The molecule has 1 aromatic carbocycles. The summed E-state index contributed by atoms with van der Waals surface area (Å²) in [5, 5.41) is 8.04. The van der Waals surface area contributed by atoms with Crippen LogP contribution in [0.5, 0.6) is 0 Å². The molecule has 5 heteroatoms. The molecule has 1 atom stereocenters. The number of nitrogens with zero attached hydrogens (tertiary/aromatic N) is 3. The van der Waals surface area contributed by atoms with Crippen LogP contribution < -0.4 is 0 Å². The van der Waals surface area contributed by atoms with Gasteiger partial charge in [0.15, 0.2) is 0 Å². The largest absolute Gasteiger partial charge is 0.297 e. The van der Waals surface area contributed by atoms with Crippen molar-refractivity contribution in [1.82, 2.24) is 20.0 Å². The average molecular weight is 305 g/mol. The number of piperazine rings is 1. The van der Waals surface area contributed by atoms with Crippen molar-refractivity contribution in [3.05, 3.63) is 52.3 Å². The predicted molar refractivity (Wildman–Crippen MR) is 85.4 cm³/mol. The van der Waals surface area contributed by atoms with E-state index in [9.17, 15) is 0 Å². The van der Waals surface area contributed by atoms with Gasteiger partial charge in [-0.1, -0.05) is 41.9 Å². The second kappa shape index (κ2) is 6.18. The van der Waals surface area contributed by atoms with Gasteiger partial charge in [-0.05, 0) is 19.5 Å². The molecule has 1 aromatic heterocycles. The van der Waals surface area contributed by atoms with Crippen molar-refractivity contribution in [2.45, 2.75) is 19.5 Å². The second-order valence-electron chi connectivity index (χ2n) is 5.75. The maximum atomic E-state index is 6.28. The summed E-state index contributed by atoms with van der Waals surface area (Å²) >= 11 is 6.28. The maximum Gasteiger partial charge on any atom is 0.0951 e. The molecule has 2 heterocycles. The molecule has 1 saturated heterocycles. The lowest BCUT2D eigenvalue weighted by Gasteiger charge is -2.39. The summed E-state index contributed by atoms with van der Waals surface area (Å²) in [6.07, 6.45) is 0. The highest BCUT2D eigenvalue weighted by Gasteiger charge is 2.26. The minimum absolute atomic E-state index is 0.429. The molecule has 0 aliphatic carbocycles. The zero-order valence-electron chi connectivity index (χ0n) is 12.5. The van der Waals surface area contributed by atoms with Crippen LogP contribution >= 0.6 is 11.6 Å². The highest BCUT2D eigenvalue weighted by atomic mass is 35.5. The number of aromatic nitrogens is 2. The molecule has 4 nitrogen and oxygen atoms in total. The van der Waals surface area contributed by atoms with Crippen LogP contribution in [0.25, 0.3) is 0 Å². The number of aromatic amines is 1. The summed E-state index contributed by atoms with van der Waals surface area (Å²) in [5.74, 6) is 0. The first-order valence-corrected chi connectivity index (χ1v) is 7.70. The Morgan fingerprint density at radius 2 is 2.05 bits per heavy atom. The number of hydrogen-bond donors (Lipinski definition) is 1. The van der Waals surface area contributed by atoms with Gasteiger partial charge in [0.2, 0.25) is 0 Å². The summed E-state index contributed by atoms with van der Waals surface area (Å²) in [7, 11) is 2.20. The fourth-order valence-corrected chi connectivity index (χ4v) is 3.04. The van der Waals surface area contributed by atoms with Crippen molar-refractivity contribution in [2.75, 3.05) is 26.7 Å². The molecule has 0 unspecified atom stereocenters. The third-order valence-corrected chi connectivity index (χ3v) is 4.73. The quantitative estimate of drug-likeness (QED) is 0.947. The van der Waals surface area contributed by atoms with E-state index in [2.05, 4.69) is 57.4 Å². The van der Waals surface area contributed by atoms with Crippen molar-refractivity contribution in [2.24, 2.45) is 0 Å². The Bertz CT molecular complexity index is 596. The first kappa shape index (κ1) is 14.6. The molecule has 1 fully saturated rings. The molecular weight excluding hydrogens is 284 g/mol. The molecule has 2 aromatic rings. The number of likely N-dealkylation sites (N-methyl/N-ethyl adjacent to an activating group) is 1. The van der Waals surface area contributed by atoms with Gasteiger partial charge in [0.05, 0.1) is 16.4 Å². The zero-order valence-corrected chi connectivity index (χ0v) is 13.3. The van der Waals surface area contributed by atoms with Crippen molar-refractivity contribution in [3.8, 4) is 0 Å². The highest BCUT2D eigenvalue weighted by Crippen LogP contribution is 2.26. The Labute approximate surface area is 130 Å². The normalized spacial score (nSPS) is 20.8. The molecular formula is C16H21ClN4. The Balaban J connectivity index is 1.72. The van der Waals surface area contributed by atoms with Crippen LogP contribution in [0.3, 0.4) is 0 Å². The number of nitrogens with one attached hydrogen (secondary N) is 1. The van der Waals surface area contributed by atoms with Crippen LogP contribution in [-0.2, 0) is 6.54 Å². The van der Waals surface area contributed by atoms with Gasteiger partial charge in [-0.3, -0.25) is 14.9 Å². The van der Waals surface area contributed by atoms with Crippen molar-refractivity contribution >= 4 is 11.6 Å². The molecule has 0 bridgehead atoms. The van der Waals surface area contributed by atoms with Crippen molar-refractivity contribution in [1.29, 1.82) is 0 Å². The number of rotatable bonds is 3. The summed E-state index contributed by atoms with van der Waals surface area (Å²) < 4.78 is 0. The summed E-state index contributed by atoms with van der Waals surface area (Å²) in [5.41, 5.74) is 3.26. The van der Waals surface area contributed by atoms with E-state index in [1.165, 1.54) is 5.56 Å². The molecule has 1 aliphatic rings. The Morgan fingerprint density at radius 1 is 1.29 bits per heavy atom. The van der Waals surface area contributed by atoms with Gasteiger partial charge in [0, 0.05) is 32.2 Å². The Hall–Kier alpha value is -1.36. The van der Waals surface area contributed by atoms with Crippen LogP contribution in [0, 0.1) is 6.92 Å². The smallest absolute Gasteiger partial charge is 0.0951 e. The van der Waals surface area contributed by atoms with Gasteiger partial charge in [-0.25, -0.2) is 0 Å². The fourth-order valence-electron chi connectivity index (χ4n) is 2.89. The minimum Gasteiger partial charge on any atom is -0.297 e. The van der Waals surface area contributed by atoms with Crippen molar-refractivity contribution < 1.29 is 0 Å². The Morgan fingerprint density at radius 3 is 2.71 bits per heavy atom. The van der Waals surface area contributed by atoms with E-state index in [0.29, 0.717) is 6.04 Å². The highest BCUT2D eigenvalue weighted by molar-refractivity contribution is 6.31. The predicted octanol–water partition coefficient (Wildman–Crippen LogP) is 2.86. The first-order chi connectivity index (χ1) is 10.1. The molecule has 0 radical (unpaired) electrons. The molecule has 0 amide bonds. The zero-order chi connectivity index (χ0) is 14.8. The second-order valence-corrected chi connectivity index (χ2v) is 6.13. The first-order valence-electron chi connectivity index (χ1n) is 7.32. The maximum absolute atomic E-state index is 6.28. The third kappa shape index (κ3) is 3.12. The lowest BCUT2D eigenvalue weighted by atomic mass is 10.0. The van der Waals surface area contributed by atoms with Crippen LogP contribution in [0.15, 0.2) is 30.3 Å². The topological polar surface area (TPSA) is 35.2 Å². The van der Waals surface area contributed by atoms with Gasteiger partial charge in [-0.15, -0.1) is 0 Å². The molecule has 1 N–H and O–H groups in total. The molecule has 1 aliphatic heterocycles. The van der Waals surface area contributed by atoms with E-state index in [1.54, 1.807) is 0 Å². The van der Waals surface area contributed by atoms with E-state index in [0.717, 1.165) is 42.6 Å². The molecule has 3 rings (SSSR count). The molecule has 112 valence electrons. The molecule has 21 heavy (non-hydrogen) atoms. The molecule has 0 saturated carbocycles. The van der Waals surface area contributed by atoms with Gasteiger partial charge in [-0.2, -0.15) is 5.10 Å². The minimum atomic E-state index is 0.429. The number of halogens is 1. The summed E-state index contributed by atoms with van der Waals surface area (Å²) in [6.45, 7) is 5.86. The number of aryl methyl sites for hydroxylation is 1. The standard InChI is InChI=1S/C16H21ClN4/c1-12-16(17)14(19-18-12)10-21-9-8-20(2)15(11-21)13-6-4-3-5-7-13/h3-7,15H,8-11H2,1-2H3,(H,18,19)/t15-/m0/s1. The number of H-pyrrole nitrogens is 1. The Kier molecular flexibility index (Phi) is 4.29. The van der Waals surface area contributed by atoms with Crippen LogP contribution in [0.2, 0.25) is 5.02 Å². The lowest BCUT2D eigenvalue weighted by molar-refractivity contribution is 0.0896. The summed E-state index contributed by atoms with van der Waals surface area (Å²) in [4.78, 5) is 4.85. The summed E-state index contributed by atoms with van der Waals surface area (Å²) in [6, 6.07) is 11.1. The van der Waals surface area contributed by atoms with E-state index in [4.69, 9.17) is 11.6 Å². The van der Waals surface area contributed by atoms with E-state index >= 15 is 0 Å². The van der Waals surface area contributed by atoms with E-state index in [1.807, 2.05) is 6.92 Å². The number of hydrogen-bond acceptors (Lipinski definition) is 3. The average Bonchev–Trinajstić information content (AvgIpc) is 2.82. The van der Waals surface area contributed by atoms with Crippen LogP contribution in [0.4, 0.5) is 0 Å².